The van der Waals surface area contributed by atoms with E-state index in [1.807, 2.05) is 0 Å². The molecule has 3 heterocycles. The molecule has 1 aliphatic carbocycles. The number of hydrogen-bond donors (Lipinski definition) is 1. The van der Waals surface area contributed by atoms with Crippen LogP contribution in [0.25, 0.3) is 17.4 Å². The van der Waals surface area contributed by atoms with Gasteiger partial charge < -0.3 is 14.5 Å². The molecular formula is C18H19N5O3. The van der Waals surface area contributed by atoms with Crippen LogP contribution in [0.5, 0.6) is 5.88 Å². The van der Waals surface area contributed by atoms with E-state index < -0.39 is 6.09 Å². The number of carbonyl (C=O) groups is 1. The average molecular weight is 353 g/mol. The van der Waals surface area contributed by atoms with Crippen LogP contribution in [0.3, 0.4) is 0 Å². The molecule has 0 aromatic carbocycles. The normalized spacial score (nSPS) is 14.5. The van der Waals surface area contributed by atoms with Crippen molar-refractivity contribution >= 4 is 6.09 Å². The summed E-state index contributed by atoms with van der Waals surface area (Å²) in [5, 5.41) is 6.97. The molecule has 3 aromatic rings. The molecule has 1 N–H and O–H groups in total. The molecule has 1 aliphatic rings. The minimum absolute atomic E-state index is 0.140. The third-order valence-electron chi connectivity index (χ3n) is 4.38. The van der Waals surface area contributed by atoms with Gasteiger partial charge >= 0.3 is 6.09 Å². The van der Waals surface area contributed by atoms with Gasteiger partial charge in [-0.1, -0.05) is 12.8 Å². The van der Waals surface area contributed by atoms with Crippen molar-refractivity contribution in [2.24, 2.45) is 5.92 Å². The number of hydrogen-bond acceptors (Lipinski definition) is 6. The Labute approximate surface area is 150 Å². The van der Waals surface area contributed by atoms with Gasteiger partial charge in [0.25, 0.3) is 0 Å². The molecule has 134 valence electrons. The van der Waals surface area contributed by atoms with Gasteiger partial charge in [-0.05, 0) is 37.0 Å². The first-order valence-electron chi connectivity index (χ1n) is 8.66. The van der Waals surface area contributed by atoms with E-state index in [4.69, 9.17) is 9.15 Å². The predicted octanol–water partition coefficient (Wildman–Crippen LogP) is 3.20. The zero-order valence-electron chi connectivity index (χ0n) is 14.2. The van der Waals surface area contributed by atoms with Gasteiger partial charge in [-0.3, -0.25) is 0 Å². The fourth-order valence-corrected chi connectivity index (χ4v) is 3.08. The van der Waals surface area contributed by atoms with Gasteiger partial charge in [0.05, 0.1) is 6.26 Å². The van der Waals surface area contributed by atoms with E-state index >= 15 is 0 Å². The van der Waals surface area contributed by atoms with Crippen LogP contribution in [0.15, 0.2) is 47.3 Å². The van der Waals surface area contributed by atoms with Crippen LogP contribution in [0.1, 0.15) is 25.7 Å². The summed E-state index contributed by atoms with van der Waals surface area (Å²) in [7, 11) is 0. The SMILES string of the molecule is O=C(NCC1CCCC1)Oc1cc(-n2cccn2)nc(-c2ccco2)n1. The van der Waals surface area contributed by atoms with E-state index in [9.17, 15) is 4.79 Å². The monoisotopic (exact) mass is 353 g/mol. The number of aromatic nitrogens is 4. The third-order valence-corrected chi connectivity index (χ3v) is 4.38. The standard InChI is InChI=1S/C18H19N5O3/c24-18(19-12-13-5-1-2-6-13)26-16-11-15(23-9-4-8-20-23)21-17(22-16)14-7-3-10-25-14/h3-4,7-11,13H,1-2,5-6,12H2,(H,19,24). The molecule has 26 heavy (non-hydrogen) atoms. The molecule has 8 heteroatoms. The molecule has 0 spiro atoms. The van der Waals surface area contributed by atoms with Crippen LogP contribution in [-0.2, 0) is 0 Å². The van der Waals surface area contributed by atoms with E-state index in [1.54, 1.807) is 41.3 Å². The number of nitrogens with one attached hydrogen (secondary N) is 1. The highest BCUT2D eigenvalue weighted by Gasteiger charge is 2.18. The lowest BCUT2D eigenvalue weighted by molar-refractivity contribution is 0.196. The third kappa shape index (κ3) is 3.74. The number of rotatable bonds is 5. The Hall–Kier alpha value is -3.16. The summed E-state index contributed by atoms with van der Waals surface area (Å²) in [6, 6.07) is 6.83. The van der Waals surface area contributed by atoms with Gasteiger partial charge in [-0.25, -0.2) is 14.5 Å². The van der Waals surface area contributed by atoms with Gasteiger partial charge in [0.15, 0.2) is 11.6 Å². The second kappa shape index (κ2) is 7.38. The van der Waals surface area contributed by atoms with Crippen LogP contribution < -0.4 is 10.1 Å². The maximum Gasteiger partial charge on any atom is 0.413 e. The van der Waals surface area contributed by atoms with Crippen molar-refractivity contribution in [2.75, 3.05) is 6.54 Å². The Morgan fingerprint density at radius 3 is 2.92 bits per heavy atom. The first-order valence-corrected chi connectivity index (χ1v) is 8.66. The van der Waals surface area contributed by atoms with E-state index in [-0.39, 0.29) is 5.88 Å². The quantitative estimate of drug-likeness (QED) is 0.757. The van der Waals surface area contributed by atoms with Crippen LogP contribution in [-0.4, -0.2) is 32.4 Å². The molecule has 0 atom stereocenters. The minimum atomic E-state index is -0.521. The maximum atomic E-state index is 12.1. The fraction of sp³-hybridized carbons (Fsp3) is 0.333. The van der Waals surface area contributed by atoms with Gasteiger partial charge in [-0.2, -0.15) is 10.1 Å². The molecule has 4 rings (SSSR count). The molecule has 3 aromatic heterocycles. The van der Waals surface area contributed by atoms with E-state index in [1.165, 1.54) is 19.1 Å². The first-order chi connectivity index (χ1) is 12.8. The van der Waals surface area contributed by atoms with E-state index in [0.717, 1.165) is 12.8 Å². The maximum absolute atomic E-state index is 12.1. The summed E-state index contributed by atoms with van der Waals surface area (Å²) >= 11 is 0. The van der Waals surface area contributed by atoms with Crippen LogP contribution in [0, 0.1) is 5.92 Å². The van der Waals surface area contributed by atoms with Crippen LogP contribution in [0.2, 0.25) is 0 Å². The Bertz CT molecular complexity index is 803. The second-order valence-corrected chi connectivity index (χ2v) is 6.24. The Morgan fingerprint density at radius 2 is 2.19 bits per heavy atom. The van der Waals surface area contributed by atoms with Crippen molar-refractivity contribution in [3.05, 3.63) is 42.9 Å². The summed E-state index contributed by atoms with van der Waals surface area (Å²) in [5.41, 5.74) is 0. The number of amides is 1. The number of furan rings is 1. The van der Waals surface area contributed by atoms with Gasteiger partial charge in [0.2, 0.25) is 11.7 Å². The van der Waals surface area contributed by atoms with Gasteiger partial charge in [-0.15, -0.1) is 0 Å². The average Bonchev–Trinajstić information content (AvgIpc) is 3.43. The Balaban J connectivity index is 1.53. The number of carbonyl (C=O) groups excluding carboxylic acids is 1. The molecule has 0 aliphatic heterocycles. The minimum Gasteiger partial charge on any atom is -0.461 e. The molecule has 0 radical (unpaired) electrons. The highest BCUT2D eigenvalue weighted by atomic mass is 16.6. The highest BCUT2D eigenvalue weighted by molar-refractivity contribution is 5.70. The molecule has 0 bridgehead atoms. The molecule has 8 nitrogen and oxygen atoms in total. The summed E-state index contributed by atoms with van der Waals surface area (Å²) in [6.45, 7) is 0.626. The number of ether oxygens (including phenoxy) is 1. The second-order valence-electron chi connectivity index (χ2n) is 6.24. The van der Waals surface area contributed by atoms with Crippen molar-refractivity contribution < 1.29 is 13.9 Å². The first kappa shape index (κ1) is 16.3. The highest BCUT2D eigenvalue weighted by Crippen LogP contribution is 2.24. The van der Waals surface area contributed by atoms with Crippen LogP contribution in [0.4, 0.5) is 4.79 Å². The molecular weight excluding hydrogens is 334 g/mol. The zero-order valence-corrected chi connectivity index (χ0v) is 14.2. The van der Waals surface area contributed by atoms with Crippen molar-refractivity contribution in [1.29, 1.82) is 0 Å². The Morgan fingerprint density at radius 1 is 1.31 bits per heavy atom. The van der Waals surface area contributed by atoms with E-state index in [2.05, 4.69) is 20.4 Å². The topological polar surface area (TPSA) is 95.1 Å². The number of nitrogens with zero attached hydrogens (tertiary/aromatic N) is 4. The van der Waals surface area contributed by atoms with Crippen molar-refractivity contribution in [2.45, 2.75) is 25.7 Å². The van der Waals surface area contributed by atoms with Crippen LogP contribution >= 0.6 is 0 Å². The Kier molecular flexibility index (Phi) is 4.63. The van der Waals surface area contributed by atoms with Crippen molar-refractivity contribution in [1.82, 2.24) is 25.1 Å². The van der Waals surface area contributed by atoms with Gasteiger partial charge in [0.1, 0.15) is 0 Å². The fourth-order valence-electron chi connectivity index (χ4n) is 3.08. The summed E-state index contributed by atoms with van der Waals surface area (Å²) < 4.78 is 12.3. The summed E-state index contributed by atoms with van der Waals surface area (Å²) in [5.74, 6) is 1.96. The van der Waals surface area contributed by atoms with Crippen molar-refractivity contribution in [3.63, 3.8) is 0 Å². The largest absolute Gasteiger partial charge is 0.461 e. The molecule has 0 saturated heterocycles. The lowest BCUT2D eigenvalue weighted by Gasteiger charge is -2.11. The smallest absolute Gasteiger partial charge is 0.413 e. The molecule has 1 saturated carbocycles. The molecule has 1 fully saturated rings. The van der Waals surface area contributed by atoms with E-state index in [0.29, 0.717) is 29.9 Å². The zero-order chi connectivity index (χ0) is 17.8. The van der Waals surface area contributed by atoms with Crippen molar-refractivity contribution in [3.8, 4) is 23.3 Å². The van der Waals surface area contributed by atoms with Gasteiger partial charge in [0, 0.05) is 25.0 Å². The molecule has 0 unspecified atom stereocenters. The summed E-state index contributed by atoms with van der Waals surface area (Å²) in [4.78, 5) is 20.8. The lowest BCUT2D eigenvalue weighted by atomic mass is 10.1. The summed E-state index contributed by atoms with van der Waals surface area (Å²) in [6.07, 6.45) is 9.17. The lowest BCUT2D eigenvalue weighted by Crippen LogP contribution is -2.31. The predicted molar refractivity (Wildman–Crippen MR) is 92.8 cm³/mol. The molecule has 1 amide bonds.